The van der Waals surface area contributed by atoms with Gasteiger partial charge in [0.05, 0.1) is 12.1 Å². The molecule has 0 bridgehead atoms. The zero-order chi connectivity index (χ0) is 18.4. The number of hydrogen-bond donors (Lipinski definition) is 1. The summed E-state index contributed by atoms with van der Waals surface area (Å²) >= 11 is 1.76. The van der Waals surface area contributed by atoms with Crippen LogP contribution in [0.25, 0.3) is 0 Å². The lowest BCUT2D eigenvalue weighted by Gasteiger charge is -2.38. The number of methoxy groups -OCH3 is 1. The van der Waals surface area contributed by atoms with E-state index in [0.717, 1.165) is 37.0 Å². The van der Waals surface area contributed by atoms with Crippen LogP contribution in [-0.4, -0.2) is 65.0 Å². The lowest BCUT2D eigenvalue weighted by Crippen LogP contribution is -2.55. The third-order valence-corrected chi connectivity index (χ3v) is 5.75. The van der Waals surface area contributed by atoms with Crippen LogP contribution in [0.4, 0.5) is 0 Å². The van der Waals surface area contributed by atoms with E-state index in [1.54, 1.807) is 18.9 Å². The molecule has 2 unspecified atom stereocenters. The predicted octanol–water partition coefficient (Wildman–Crippen LogP) is 2.03. The number of likely N-dealkylation sites (tertiary alicyclic amines) is 1. The summed E-state index contributed by atoms with van der Waals surface area (Å²) in [6.45, 7) is 2.77. The Morgan fingerprint density at radius 2 is 2.19 bits per heavy atom. The lowest BCUT2D eigenvalue weighted by molar-refractivity contribution is 0.00837. The van der Waals surface area contributed by atoms with Gasteiger partial charge in [0, 0.05) is 57.5 Å². The summed E-state index contributed by atoms with van der Waals surface area (Å²) in [7, 11) is 3.73. The third-order valence-electron chi connectivity index (χ3n) is 4.71. The van der Waals surface area contributed by atoms with Crippen LogP contribution in [0.5, 0.6) is 0 Å². The number of imidazole rings is 1. The predicted molar refractivity (Wildman–Crippen MR) is 103 cm³/mol. The minimum atomic E-state index is -0.0311. The van der Waals surface area contributed by atoms with Gasteiger partial charge in [0.1, 0.15) is 0 Å². The fraction of sp³-hybridized carbons (Fsp3) is 0.474. The molecule has 6 nitrogen and oxygen atoms in total. The molecular weight excluding hydrogens is 348 g/mol. The molecule has 1 N–H and O–H groups in total. The van der Waals surface area contributed by atoms with Gasteiger partial charge in [-0.25, -0.2) is 4.98 Å². The highest BCUT2D eigenvalue weighted by molar-refractivity contribution is 7.99. The van der Waals surface area contributed by atoms with Gasteiger partial charge in [-0.15, -0.1) is 0 Å². The quantitative estimate of drug-likeness (QED) is 0.752. The molecule has 0 spiro atoms. The first kappa shape index (κ1) is 18.9. The Hall–Kier alpha value is -1.83. The molecule has 2 heterocycles. The number of piperidine rings is 1. The first-order valence-corrected chi connectivity index (χ1v) is 9.87. The summed E-state index contributed by atoms with van der Waals surface area (Å²) in [6.07, 6.45) is 4.69. The number of aromatic nitrogens is 2. The molecule has 1 amide bonds. The number of carbonyl (C=O) groups excluding carboxylic acids is 1. The first-order chi connectivity index (χ1) is 12.7. The molecule has 2 atom stereocenters. The van der Waals surface area contributed by atoms with Gasteiger partial charge in [-0.3, -0.25) is 9.69 Å². The van der Waals surface area contributed by atoms with Crippen molar-refractivity contribution in [3.8, 4) is 0 Å². The molecular formula is C19H26N4O2S. The molecule has 0 saturated carbocycles. The van der Waals surface area contributed by atoms with Crippen LogP contribution < -0.4 is 5.32 Å². The number of benzene rings is 1. The van der Waals surface area contributed by atoms with Crippen LogP contribution in [-0.2, 0) is 11.8 Å². The van der Waals surface area contributed by atoms with E-state index in [1.807, 2.05) is 54.3 Å². The molecule has 3 rings (SSSR count). The Kier molecular flexibility index (Phi) is 6.71. The van der Waals surface area contributed by atoms with E-state index >= 15 is 0 Å². The highest BCUT2D eigenvalue weighted by atomic mass is 32.2. The van der Waals surface area contributed by atoms with Crippen LogP contribution in [0.2, 0.25) is 0 Å². The van der Waals surface area contributed by atoms with Crippen molar-refractivity contribution in [3.63, 3.8) is 0 Å². The summed E-state index contributed by atoms with van der Waals surface area (Å²) in [5.41, 5.74) is 0.691. The second kappa shape index (κ2) is 9.21. The largest absolute Gasteiger partial charge is 0.378 e. The summed E-state index contributed by atoms with van der Waals surface area (Å²) in [5.74, 6) is 0.957. The number of nitrogens with one attached hydrogen (secondary N) is 1. The maximum atomic E-state index is 12.4. The van der Waals surface area contributed by atoms with E-state index in [2.05, 4.69) is 15.2 Å². The van der Waals surface area contributed by atoms with Crippen LogP contribution in [0, 0.1) is 0 Å². The van der Waals surface area contributed by atoms with E-state index in [1.165, 1.54) is 0 Å². The molecule has 0 radical (unpaired) electrons. The highest BCUT2D eigenvalue weighted by Gasteiger charge is 2.30. The molecule has 1 aliphatic heterocycles. The van der Waals surface area contributed by atoms with Crippen molar-refractivity contribution in [1.82, 2.24) is 19.8 Å². The summed E-state index contributed by atoms with van der Waals surface area (Å²) in [5, 5.41) is 4.17. The average Bonchev–Trinajstić information content (AvgIpc) is 3.08. The fourth-order valence-electron chi connectivity index (χ4n) is 3.19. The maximum absolute atomic E-state index is 12.4. The van der Waals surface area contributed by atoms with Gasteiger partial charge in [-0.2, -0.15) is 0 Å². The third kappa shape index (κ3) is 4.87. The molecule has 1 aromatic heterocycles. The smallest absolute Gasteiger partial charge is 0.251 e. The van der Waals surface area contributed by atoms with Crippen molar-refractivity contribution < 1.29 is 9.53 Å². The van der Waals surface area contributed by atoms with Crippen molar-refractivity contribution in [1.29, 1.82) is 0 Å². The molecule has 1 fully saturated rings. The van der Waals surface area contributed by atoms with Gasteiger partial charge in [0.15, 0.2) is 5.16 Å². The van der Waals surface area contributed by atoms with Gasteiger partial charge in [0.25, 0.3) is 5.91 Å². The van der Waals surface area contributed by atoms with Gasteiger partial charge < -0.3 is 14.6 Å². The maximum Gasteiger partial charge on any atom is 0.251 e. The normalized spacial score (nSPS) is 20.8. The lowest BCUT2D eigenvalue weighted by atomic mass is 10.0. The topological polar surface area (TPSA) is 59.4 Å². The number of ether oxygens (including phenoxy) is 1. The molecule has 2 aromatic rings. The minimum Gasteiger partial charge on any atom is -0.378 e. The monoisotopic (exact) mass is 374 g/mol. The van der Waals surface area contributed by atoms with Gasteiger partial charge in [0.2, 0.25) is 0 Å². The molecule has 0 aliphatic carbocycles. The Morgan fingerprint density at radius 1 is 1.38 bits per heavy atom. The number of rotatable bonds is 7. The minimum absolute atomic E-state index is 0.00886. The summed E-state index contributed by atoms with van der Waals surface area (Å²) < 4.78 is 7.70. The van der Waals surface area contributed by atoms with Crippen molar-refractivity contribution in [2.45, 2.75) is 23.7 Å². The van der Waals surface area contributed by atoms with E-state index in [9.17, 15) is 4.79 Å². The van der Waals surface area contributed by atoms with Crippen LogP contribution in [0.1, 0.15) is 16.8 Å². The Labute approximate surface area is 158 Å². The Morgan fingerprint density at radius 3 is 2.88 bits per heavy atom. The fourth-order valence-corrected chi connectivity index (χ4v) is 4.12. The summed E-state index contributed by atoms with van der Waals surface area (Å²) in [6, 6.07) is 9.39. The Bertz CT molecular complexity index is 707. The second-order valence-electron chi connectivity index (χ2n) is 6.48. The number of nitrogens with zero attached hydrogens (tertiary/aromatic N) is 3. The molecule has 140 valence electrons. The summed E-state index contributed by atoms with van der Waals surface area (Å²) in [4.78, 5) is 19.1. The molecule has 1 saturated heterocycles. The van der Waals surface area contributed by atoms with Crippen molar-refractivity contribution >= 4 is 17.7 Å². The van der Waals surface area contributed by atoms with Crippen molar-refractivity contribution in [2.24, 2.45) is 7.05 Å². The standard InChI is InChI=1S/C19H26N4O2S/c1-22-11-9-20-19(22)26-13-12-23-10-8-16(17(14-23)25-2)21-18(24)15-6-4-3-5-7-15/h3-7,9,11,16-17H,8,10,12-14H2,1-2H3,(H,21,24). The van der Waals surface area contributed by atoms with Gasteiger partial charge in [-0.1, -0.05) is 30.0 Å². The van der Waals surface area contributed by atoms with Crippen molar-refractivity contribution in [2.75, 3.05) is 32.5 Å². The molecule has 1 aromatic carbocycles. The number of amides is 1. The van der Waals surface area contributed by atoms with Gasteiger partial charge >= 0.3 is 0 Å². The molecule has 26 heavy (non-hydrogen) atoms. The number of hydrogen-bond acceptors (Lipinski definition) is 5. The molecule has 7 heteroatoms. The van der Waals surface area contributed by atoms with Crippen LogP contribution in [0.3, 0.4) is 0 Å². The average molecular weight is 375 g/mol. The zero-order valence-corrected chi connectivity index (χ0v) is 16.1. The number of thioether (sulfide) groups is 1. The SMILES string of the molecule is COC1CN(CCSc2nccn2C)CCC1NC(=O)c1ccccc1. The molecule has 1 aliphatic rings. The van der Waals surface area contributed by atoms with E-state index in [0.29, 0.717) is 5.56 Å². The van der Waals surface area contributed by atoms with Crippen molar-refractivity contribution in [3.05, 3.63) is 48.3 Å². The van der Waals surface area contributed by atoms with Crippen LogP contribution in [0.15, 0.2) is 47.9 Å². The van der Waals surface area contributed by atoms with E-state index < -0.39 is 0 Å². The van der Waals surface area contributed by atoms with E-state index in [4.69, 9.17) is 4.74 Å². The van der Waals surface area contributed by atoms with Crippen LogP contribution >= 0.6 is 11.8 Å². The number of aryl methyl sites for hydroxylation is 1. The Balaban J connectivity index is 1.47. The van der Waals surface area contributed by atoms with E-state index in [-0.39, 0.29) is 18.1 Å². The number of carbonyl (C=O) groups is 1. The van der Waals surface area contributed by atoms with Gasteiger partial charge in [-0.05, 0) is 18.6 Å². The second-order valence-corrected chi connectivity index (χ2v) is 7.54. The first-order valence-electron chi connectivity index (χ1n) is 8.88. The highest BCUT2D eigenvalue weighted by Crippen LogP contribution is 2.18. The zero-order valence-electron chi connectivity index (χ0n) is 15.3.